The Labute approximate surface area is 104 Å². The summed E-state index contributed by atoms with van der Waals surface area (Å²) in [5.74, 6) is 0.0887. The Balaban J connectivity index is 0.00000225. The summed E-state index contributed by atoms with van der Waals surface area (Å²) in [6, 6.07) is 0. The van der Waals surface area contributed by atoms with E-state index in [0.717, 1.165) is 13.1 Å². The Morgan fingerprint density at radius 2 is 2.12 bits per heavy atom. The molecule has 0 atom stereocenters. The third-order valence-electron chi connectivity index (χ3n) is 3.14. The first-order valence-corrected chi connectivity index (χ1v) is 5.69. The number of rotatable bonds is 8. The average Bonchev–Trinajstić information content (AvgIpc) is 3.02. The van der Waals surface area contributed by atoms with Crippen LogP contribution in [0.4, 0.5) is 0 Å². The number of amides is 1. The third kappa shape index (κ3) is 5.68. The van der Waals surface area contributed by atoms with Crippen LogP contribution in [0, 0.1) is 5.41 Å². The molecule has 16 heavy (non-hydrogen) atoms. The number of hydrogen-bond donors (Lipinski definition) is 2. The average molecular weight is 251 g/mol. The van der Waals surface area contributed by atoms with Crippen molar-refractivity contribution in [3.8, 4) is 0 Å². The molecule has 4 nitrogen and oxygen atoms in total. The highest BCUT2D eigenvalue weighted by Crippen LogP contribution is 2.47. The molecule has 1 aliphatic carbocycles. The fourth-order valence-electron chi connectivity index (χ4n) is 1.56. The number of ether oxygens (including phenoxy) is 1. The highest BCUT2D eigenvalue weighted by Gasteiger charge is 2.40. The molecule has 0 aliphatic heterocycles. The minimum atomic E-state index is 0. The van der Waals surface area contributed by atoms with Crippen LogP contribution >= 0.6 is 12.4 Å². The molecule has 0 aromatic rings. The molecule has 0 spiro atoms. The summed E-state index contributed by atoms with van der Waals surface area (Å²) < 4.78 is 4.87. The van der Waals surface area contributed by atoms with Crippen molar-refractivity contribution >= 4 is 18.3 Å². The molecule has 0 unspecified atom stereocenters. The van der Waals surface area contributed by atoms with Crippen LogP contribution < -0.4 is 10.6 Å². The van der Waals surface area contributed by atoms with Gasteiger partial charge in [-0.1, -0.05) is 6.92 Å². The third-order valence-corrected chi connectivity index (χ3v) is 3.14. The van der Waals surface area contributed by atoms with E-state index in [1.807, 2.05) is 0 Å². The number of carbonyl (C=O) groups is 1. The topological polar surface area (TPSA) is 50.4 Å². The van der Waals surface area contributed by atoms with E-state index in [0.29, 0.717) is 18.6 Å². The lowest BCUT2D eigenvalue weighted by Gasteiger charge is -2.13. The zero-order valence-electron chi connectivity index (χ0n) is 10.2. The minimum absolute atomic E-state index is 0. The highest BCUT2D eigenvalue weighted by atomic mass is 35.5. The van der Waals surface area contributed by atoms with Crippen molar-refractivity contribution in [2.75, 3.05) is 33.4 Å². The maximum atomic E-state index is 11.4. The van der Waals surface area contributed by atoms with Crippen molar-refractivity contribution in [2.24, 2.45) is 5.41 Å². The maximum absolute atomic E-state index is 11.4. The molecule has 96 valence electrons. The summed E-state index contributed by atoms with van der Waals surface area (Å²) in [6.45, 7) is 4.79. The number of halogens is 1. The van der Waals surface area contributed by atoms with E-state index in [1.54, 1.807) is 7.11 Å². The summed E-state index contributed by atoms with van der Waals surface area (Å²) in [4.78, 5) is 11.4. The van der Waals surface area contributed by atoms with Crippen molar-refractivity contribution in [1.29, 1.82) is 0 Å². The van der Waals surface area contributed by atoms with Gasteiger partial charge in [-0.3, -0.25) is 4.79 Å². The molecule has 1 fully saturated rings. The van der Waals surface area contributed by atoms with Crippen LogP contribution in [0.2, 0.25) is 0 Å². The highest BCUT2D eigenvalue weighted by molar-refractivity contribution is 5.85. The second-order valence-electron chi connectivity index (χ2n) is 4.30. The second kappa shape index (κ2) is 7.87. The molecule has 1 saturated carbocycles. The quantitative estimate of drug-likeness (QED) is 0.631. The molecule has 0 aromatic heterocycles. The predicted octanol–water partition coefficient (Wildman–Crippen LogP) is 0.951. The molecule has 0 radical (unpaired) electrons. The molecule has 0 heterocycles. The van der Waals surface area contributed by atoms with Gasteiger partial charge in [-0.25, -0.2) is 0 Å². The van der Waals surface area contributed by atoms with Crippen molar-refractivity contribution < 1.29 is 9.53 Å². The van der Waals surface area contributed by atoms with Gasteiger partial charge < -0.3 is 15.4 Å². The van der Waals surface area contributed by atoms with Gasteiger partial charge in [0.2, 0.25) is 5.91 Å². The number of methoxy groups -OCH3 is 1. The second-order valence-corrected chi connectivity index (χ2v) is 4.30. The van der Waals surface area contributed by atoms with Crippen LogP contribution in [0.3, 0.4) is 0 Å². The Morgan fingerprint density at radius 1 is 1.44 bits per heavy atom. The van der Waals surface area contributed by atoms with E-state index < -0.39 is 0 Å². The first kappa shape index (κ1) is 15.7. The molecule has 1 rings (SSSR count). The van der Waals surface area contributed by atoms with Crippen LogP contribution in [0.25, 0.3) is 0 Å². The van der Waals surface area contributed by atoms with E-state index in [4.69, 9.17) is 4.74 Å². The fourth-order valence-corrected chi connectivity index (χ4v) is 1.56. The van der Waals surface area contributed by atoms with Gasteiger partial charge in [-0.05, 0) is 24.7 Å². The number of hydrogen-bond acceptors (Lipinski definition) is 3. The monoisotopic (exact) mass is 250 g/mol. The van der Waals surface area contributed by atoms with Crippen molar-refractivity contribution in [2.45, 2.75) is 26.2 Å². The Hall–Kier alpha value is -0.320. The molecule has 5 heteroatoms. The van der Waals surface area contributed by atoms with E-state index in [9.17, 15) is 4.79 Å². The largest absolute Gasteiger partial charge is 0.383 e. The maximum Gasteiger partial charge on any atom is 0.233 e. The lowest BCUT2D eigenvalue weighted by Crippen LogP contribution is -2.37. The van der Waals surface area contributed by atoms with Gasteiger partial charge in [0.1, 0.15) is 0 Å². The van der Waals surface area contributed by atoms with Crippen molar-refractivity contribution in [3.63, 3.8) is 0 Å². The smallest absolute Gasteiger partial charge is 0.233 e. The van der Waals surface area contributed by atoms with Gasteiger partial charge in [-0.15, -0.1) is 12.4 Å². The van der Waals surface area contributed by atoms with Gasteiger partial charge in [-0.2, -0.15) is 0 Å². The summed E-state index contributed by atoms with van der Waals surface area (Å²) in [5.41, 5.74) is 0.433. The first-order valence-electron chi connectivity index (χ1n) is 5.69. The van der Waals surface area contributed by atoms with Crippen LogP contribution in [0.15, 0.2) is 0 Å². The lowest BCUT2D eigenvalue weighted by atomic mass is 10.0. The van der Waals surface area contributed by atoms with E-state index >= 15 is 0 Å². The minimum Gasteiger partial charge on any atom is -0.383 e. The summed E-state index contributed by atoms with van der Waals surface area (Å²) in [6.07, 6.45) is 3.70. The fraction of sp³-hybridized carbons (Fsp3) is 0.909. The van der Waals surface area contributed by atoms with Gasteiger partial charge in [0.05, 0.1) is 13.2 Å². The Morgan fingerprint density at radius 3 is 2.62 bits per heavy atom. The van der Waals surface area contributed by atoms with Gasteiger partial charge in [0.15, 0.2) is 0 Å². The normalized spacial score (nSPS) is 16.4. The summed E-state index contributed by atoms with van der Waals surface area (Å²) in [5, 5.41) is 5.99. The van der Waals surface area contributed by atoms with Crippen molar-refractivity contribution in [1.82, 2.24) is 10.6 Å². The SMILES string of the molecule is CCC1(CNC(=O)CNCCOC)CC1.Cl. The molecular weight excluding hydrogens is 228 g/mol. The number of carbonyl (C=O) groups excluding carboxylic acids is 1. The molecule has 1 aliphatic rings. The number of nitrogens with one attached hydrogen (secondary N) is 2. The van der Waals surface area contributed by atoms with Crippen molar-refractivity contribution in [3.05, 3.63) is 0 Å². The van der Waals surface area contributed by atoms with Gasteiger partial charge in [0.25, 0.3) is 0 Å². The molecule has 0 saturated heterocycles. The molecular formula is C11H23ClN2O2. The predicted molar refractivity (Wildman–Crippen MR) is 67.0 cm³/mol. The van der Waals surface area contributed by atoms with Crippen LogP contribution in [0.1, 0.15) is 26.2 Å². The zero-order chi connectivity index (χ0) is 11.1. The molecule has 0 aromatic carbocycles. The molecule has 1 amide bonds. The Bertz CT molecular complexity index is 208. The van der Waals surface area contributed by atoms with E-state index in [-0.39, 0.29) is 18.3 Å². The lowest BCUT2D eigenvalue weighted by molar-refractivity contribution is -0.120. The van der Waals surface area contributed by atoms with Gasteiger partial charge in [0, 0.05) is 20.2 Å². The van der Waals surface area contributed by atoms with Crippen LogP contribution in [-0.4, -0.2) is 39.3 Å². The standard InChI is InChI=1S/C11H22N2O2.ClH/c1-3-11(4-5-11)9-13-10(14)8-12-6-7-15-2;/h12H,3-9H2,1-2H3,(H,13,14);1H. The van der Waals surface area contributed by atoms with Gasteiger partial charge >= 0.3 is 0 Å². The molecule has 2 N–H and O–H groups in total. The van der Waals surface area contributed by atoms with Crippen LogP contribution in [0.5, 0.6) is 0 Å². The molecule has 0 bridgehead atoms. The zero-order valence-corrected chi connectivity index (χ0v) is 11.0. The van der Waals surface area contributed by atoms with E-state index in [2.05, 4.69) is 17.6 Å². The van der Waals surface area contributed by atoms with E-state index in [1.165, 1.54) is 19.3 Å². The summed E-state index contributed by atoms with van der Waals surface area (Å²) in [7, 11) is 1.65. The first-order chi connectivity index (χ1) is 7.22. The Kier molecular flexibility index (Phi) is 7.72. The van der Waals surface area contributed by atoms with Crippen LogP contribution in [-0.2, 0) is 9.53 Å². The summed E-state index contributed by atoms with van der Waals surface area (Å²) >= 11 is 0.